The minimum atomic E-state index is -0.857. The lowest BCUT2D eigenvalue weighted by molar-refractivity contribution is -0.147. The van der Waals surface area contributed by atoms with Crippen molar-refractivity contribution in [3.63, 3.8) is 0 Å². The Hall–Kier alpha value is -2.53. The van der Waals surface area contributed by atoms with Crippen molar-refractivity contribution in [3.05, 3.63) is 35.4 Å². The largest absolute Gasteiger partial charge is 0.480 e. The molecule has 1 aliphatic heterocycles. The molecule has 0 aromatic heterocycles. The van der Waals surface area contributed by atoms with Gasteiger partial charge >= 0.3 is 17.9 Å². The summed E-state index contributed by atoms with van der Waals surface area (Å²) in [6.07, 6.45) is 22.3. The van der Waals surface area contributed by atoms with Gasteiger partial charge in [-0.05, 0) is 43.2 Å². The van der Waals surface area contributed by atoms with E-state index in [1.807, 2.05) is 4.90 Å². The van der Waals surface area contributed by atoms with Gasteiger partial charge < -0.3 is 15.3 Å². The summed E-state index contributed by atoms with van der Waals surface area (Å²) in [5.74, 6) is -2.49. The zero-order chi connectivity index (χ0) is 41.7. The van der Waals surface area contributed by atoms with E-state index >= 15 is 0 Å². The molecule has 328 valence electrons. The first-order chi connectivity index (χ1) is 27.6. The van der Waals surface area contributed by atoms with Gasteiger partial charge in [-0.1, -0.05) is 161 Å². The molecule has 0 amide bonds. The molecule has 3 unspecified atom stereocenters. The summed E-state index contributed by atoms with van der Waals surface area (Å²) in [6, 6.07) is 6.97. The van der Waals surface area contributed by atoms with Crippen LogP contribution in [0.5, 0.6) is 0 Å². The van der Waals surface area contributed by atoms with Crippen molar-refractivity contribution < 1.29 is 29.7 Å². The molecule has 1 fully saturated rings. The van der Waals surface area contributed by atoms with E-state index in [0.717, 1.165) is 83.5 Å². The van der Waals surface area contributed by atoms with E-state index in [9.17, 15) is 29.7 Å². The van der Waals surface area contributed by atoms with Crippen LogP contribution in [0.2, 0.25) is 0 Å². The van der Waals surface area contributed by atoms with Gasteiger partial charge in [0.05, 0.1) is 0 Å². The molecule has 0 aliphatic carbocycles. The lowest BCUT2D eigenvalue weighted by atomic mass is 10.0. The Morgan fingerprint density at radius 3 is 1.09 bits per heavy atom. The summed E-state index contributed by atoms with van der Waals surface area (Å²) in [5.41, 5.74) is 2.56. The SMILES string of the molecule is CCCCCCCCc1ccc(CN2CCN(C(CCCCCC)C(=O)O)CCN(C(CCCCCC)C(=O)O)CCN(C(CCCCCC)C(=O)O)CC2)cc1. The normalized spacial score (nSPS) is 17.4. The molecule has 1 heterocycles. The quantitative estimate of drug-likeness (QED) is 0.0648. The second-order valence-corrected chi connectivity index (χ2v) is 16.8. The molecular weight excluding hydrogens is 717 g/mol. The molecule has 0 bridgehead atoms. The molecule has 57 heavy (non-hydrogen) atoms. The van der Waals surface area contributed by atoms with Crippen LogP contribution in [0.15, 0.2) is 24.3 Å². The van der Waals surface area contributed by atoms with Crippen LogP contribution in [-0.2, 0) is 27.3 Å². The van der Waals surface area contributed by atoms with Gasteiger partial charge in [0, 0.05) is 58.9 Å². The van der Waals surface area contributed by atoms with Crippen molar-refractivity contribution in [1.82, 2.24) is 19.6 Å². The Labute approximate surface area is 347 Å². The third-order valence-electron chi connectivity index (χ3n) is 12.2. The standard InChI is InChI=1S/C47H84N4O6/c1-5-9-13-17-18-19-23-40-27-29-41(30-28-40)39-48-31-33-49(42(45(52)53)24-20-14-10-6-2)35-37-51(44(47(56)57)26-22-16-12-8-4)38-36-50(34-32-48)43(46(54)55)25-21-15-11-7-3/h27-30,42-44H,5-26,31-39H2,1-4H3,(H,52,53)(H,54,55)(H,56,57). The van der Waals surface area contributed by atoms with E-state index in [0.29, 0.717) is 78.2 Å². The third kappa shape index (κ3) is 21.3. The molecule has 1 aliphatic rings. The van der Waals surface area contributed by atoms with Crippen molar-refractivity contribution in [2.45, 2.75) is 194 Å². The van der Waals surface area contributed by atoms with E-state index in [4.69, 9.17) is 0 Å². The number of hydrogen-bond donors (Lipinski definition) is 3. The first kappa shape index (κ1) is 50.6. The van der Waals surface area contributed by atoms with E-state index in [1.54, 1.807) is 0 Å². The second kappa shape index (κ2) is 31.4. The predicted molar refractivity (Wildman–Crippen MR) is 234 cm³/mol. The van der Waals surface area contributed by atoms with Crippen LogP contribution in [0.1, 0.15) is 174 Å². The van der Waals surface area contributed by atoms with Gasteiger partial charge in [-0.3, -0.25) is 34.0 Å². The Balaban J connectivity index is 2.42. The molecule has 0 radical (unpaired) electrons. The van der Waals surface area contributed by atoms with Crippen molar-refractivity contribution >= 4 is 17.9 Å². The van der Waals surface area contributed by atoms with Crippen molar-refractivity contribution in [1.29, 1.82) is 0 Å². The molecule has 10 nitrogen and oxygen atoms in total. The van der Waals surface area contributed by atoms with Gasteiger partial charge in [-0.2, -0.15) is 0 Å². The molecule has 0 spiro atoms. The Morgan fingerprint density at radius 1 is 0.439 bits per heavy atom. The number of rotatable bonds is 30. The summed E-state index contributed by atoms with van der Waals surface area (Å²) in [7, 11) is 0. The van der Waals surface area contributed by atoms with Crippen LogP contribution < -0.4 is 0 Å². The molecule has 1 saturated heterocycles. The van der Waals surface area contributed by atoms with Crippen LogP contribution in [0.4, 0.5) is 0 Å². The summed E-state index contributed by atoms with van der Waals surface area (Å²) in [4.78, 5) is 47.2. The zero-order valence-corrected chi connectivity index (χ0v) is 36.8. The molecular formula is C47H84N4O6. The minimum Gasteiger partial charge on any atom is -0.480 e. The number of benzene rings is 1. The summed E-state index contributed by atoms with van der Waals surface area (Å²) < 4.78 is 0. The third-order valence-corrected chi connectivity index (χ3v) is 12.2. The Kier molecular flexibility index (Phi) is 27.9. The molecule has 10 heteroatoms. The summed E-state index contributed by atoms with van der Waals surface area (Å²) in [5, 5.41) is 31.7. The number of aryl methyl sites for hydroxylation is 1. The van der Waals surface area contributed by atoms with E-state index in [1.165, 1.54) is 49.7 Å². The van der Waals surface area contributed by atoms with Crippen molar-refractivity contribution in [2.75, 3.05) is 52.4 Å². The molecule has 1 aromatic carbocycles. The average molecular weight is 801 g/mol. The average Bonchev–Trinajstić information content (AvgIpc) is 3.18. The molecule has 1 aromatic rings. The minimum absolute atomic E-state index is 0.422. The van der Waals surface area contributed by atoms with Crippen LogP contribution in [0.3, 0.4) is 0 Å². The maximum absolute atomic E-state index is 12.9. The number of nitrogens with zero attached hydrogens (tertiary/aromatic N) is 4. The van der Waals surface area contributed by atoms with Crippen LogP contribution in [0.25, 0.3) is 0 Å². The Bertz CT molecular complexity index is 1150. The highest BCUT2D eigenvalue weighted by Crippen LogP contribution is 2.20. The topological polar surface area (TPSA) is 125 Å². The highest BCUT2D eigenvalue weighted by molar-refractivity contribution is 5.74. The van der Waals surface area contributed by atoms with Crippen LogP contribution in [0, 0.1) is 0 Å². The van der Waals surface area contributed by atoms with Gasteiger partial charge in [0.2, 0.25) is 0 Å². The maximum atomic E-state index is 12.9. The Morgan fingerprint density at radius 2 is 0.737 bits per heavy atom. The number of hydrogen-bond acceptors (Lipinski definition) is 7. The smallest absolute Gasteiger partial charge is 0.320 e. The van der Waals surface area contributed by atoms with E-state index in [2.05, 4.69) is 66.7 Å². The fourth-order valence-electron chi connectivity index (χ4n) is 8.45. The molecule has 3 atom stereocenters. The predicted octanol–water partition coefficient (Wildman–Crippen LogP) is 9.58. The monoisotopic (exact) mass is 801 g/mol. The van der Waals surface area contributed by atoms with E-state index in [-0.39, 0.29) is 0 Å². The van der Waals surface area contributed by atoms with Crippen LogP contribution in [-0.4, -0.2) is 123 Å². The fraction of sp³-hybridized carbons (Fsp3) is 0.809. The lowest BCUT2D eigenvalue weighted by Crippen LogP contribution is -2.54. The van der Waals surface area contributed by atoms with Crippen molar-refractivity contribution in [3.8, 4) is 0 Å². The summed E-state index contributed by atoms with van der Waals surface area (Å²) >= 11 is 0. The number of carboxylic acid groups (broad SMARTS) is 3. The van der Waals surface area contributed by atoms with Gasteiger partial charge in [-0.15, -0.1) is 0 Å². The van der Waals surface area contributed by atoms with Gasteiger partial charge in [0.1, 0.15) is 18.1 Å². The van der Waals surface area contributed by atoms with Gasteiger partial charge in [-0.25, -0.2) is 0 Å². The zero-order valence-electron chi connectivity index (χ0n) is 36.8. The maximum Gasteiger partial charge on any atom is 0.320 e. The number of carboxylic acids is 3. The van der Waals surface area contributed by atoms with Gasteiger partial charge in [0.15, 0.2) is 0 Å². The van der Waals surface area contributed by atoms with Crippen LogP contribution >= 0.6 is 0 Å². The first-order valence-corrected chi connectivity index (χ1v) is 23.4. The number of unbranched alkanes of at least 4 members (excludes halogenated alkanes) is 14. The van der Waals surface area contributed by atoms with E-state index < -0.39 is 36.0 Å². The first-order valence-electron chi connectivity index (χ1n) is 23.4. The highest BCUT2D eigenvalue weighted by Gasteiger charge is 2.32. The lowest BCUT2D eigenvalue weighted by Gasteiger charge is -2.39. The number of aliphatic carboxylic acids is 3. The van der Waals surface area contributed by atoms with Crippen molar-refractivity contribution in [2.24, 2.45) is 0 Å². The highest BCUT2D eigenvalue weighted by atomic mass is 16.4. The fourth-order valence-corrected chi connectivity index (χ4v) is 8.45. The summed E-state index contributed by atoms with van der Waals surface area (Å²) in [6.45, 7) is 13.5. The number of carbonyl (C=O) groups is 3. The molecule has 2 rings (SSSR count). The second-order valence-electron chi connectivity index (χ2n) is 16.8. The van der Waals surface area contributed by atoms with Gasteiger partial charge in [0.25, 0.3) is 0 Å². The molecule has 0 saturated carbocycles. The molecule has 3 N–H and O–H groups in total.